The van der Waals surface area contributed by atoms with Crippen LogP contribution in [0.1, 0.15) is 62.9 Å². The quantitative estimate of drug-likeness (QED) is 0.467. The number of carbonyl (C=O) groups excluding carboxylic acids is 3. The molecule has 0 spiro atoms. The van der Waals surface area contributed by atoms with Crippen molar-refractivity contribution in [3.63, 3.8) is 0 Å². The molecule has 2 aliphatic rings. The summed E-state index contributed by atoms with van der Waals surface area (Å²) in [7, 11) is 3.05. The van der Waals surface area contributed by atoms with Gasteiger partial charge in [-0.15, -0.1) is 0 Å². The van der Waals surface area contributed by atoms with Gasteiger partial charge in [0, 0.05) is 18.7 Å². The van der Waals surface area contributed by atoms with Crippen LogP contribution in [-0.4, -0.2) is 62.3 Å². The highest BCUT2D eigenvalue weighted by Gasteiger charge is 2.54. The van der Waals surface area contributed by atoms with E-state index >= 15 is 0 Å². The van der Waals surface area contributed by atoms with E-state index in [1.807, 2.05) is 20.8 Å². The summed E-state index contributed by atoms with van der Waals surface area (Å²) in [5.74, 6) is 0.365. The van der Waals surface area contributed by atoms with E-state index in [-0.39, 0.29) is 30.8 Å². The summed E-state index contributed by atoms with van der Waals surface area (Å²) >= 11 is 0. The maximum Gasteiger partial charge on any atom is 0.410 e. The minimum Gasteiger partial charge on any atom is -0.493 e. The van der Waals surface area contributed by atoms with Crippen LogP contribution in [0.15, 0.2) is 12.1 Å². The number of hydrogen-bond donors (Lipinski definition) is 0. The second kappa shape index (κ2) is 9.61. The molecule has 0 N–H and O–H groups in total. The zero-order valence-corrected chi connectivity index (χ0v) is 20.5. The Morgan fingerprint density at radius 3 is 2.24 bits per heavy atom. The molecule has 1 aliphatic carbocycles. The van der Waals surface area contributed by atoms with Crippen molar-refractivity contribution in [1.29, 1.82) is 0 Å². The number of nitrogens with zero attached hydrogens (tertiary/aromatic N) is 1. The van der Waals surface area contributed by atoms with Crippen molar-refractivity contribution in [3.8, 4) is 11.5 Å². The van der Waals surface area contributed by atoms with Crippen LogP contribution in [0.2, 0.25) is 0 Å². The van der Waals surface area contributed by atoms with Crippen LogP contribution in [0.3, 0.4) is 0 Å². The van der Waals surface area contributed by atoms with Crippen LogP contribution in [0.25, 0.3) is 0 Å². The Balaban J connectivity index is 1.80. The molecule has 1 heterocycles. The molecule has 1 saturated heterocycles. The molecule has 0 bridgehead atoms. The summed E-state index contributed by atoms with van der Waals surface area (Å²) in [5, 5.41) is 0. The van der Waals surface area contributed by atoms with Crippen molar-refractivity contribution in [3.05, 3.63) is 23.3 Å². The van der Waals surface area contributed by atoms with E-state index in [0.717, 1.165) is 5.56 Å². The van der Waals surface area contributed by atoms with Gasteiger partial charge in [0.25, 0.3) is 0 Å². The predicted octanol–water partition coefficient (Wildman–Crippen LogP) is 4.03. The number of piperidine rings is 1. The lowest BCUT2D eigenvalue weighted by molar-refractivity contribution is -0.153. The highest BCUT2D eigenvalue weighted by atomic mass is 16.6. The minimum atomic E-state index is -1.27. The number of ketones is 1. The van der Waals surface area contributed by atoms with Crippen molar-refractivity contribution in [1.82, 2.24) is 4.90 Å². The lowest BCUT2D eigenvalue weighted by Gasteiger charge is -2.36. The number of hydrogen-bond acceptors (Lipinski definition) is 7. The van der Waals surface area contributed by atoms with Gasteiger partial charge in [0.15, 0.2) is 17.3 Å². The SMILES string of the molecule is CCOC(=O)C1(CC2CCN(C(=O)OC(C)(C)C)CC2)Cc2cc(OC)c(OC)cc2C1=O. The lowest BCUT2D eigenvalue weighted by Crippen LogP contribution is -2.45. The number of likely N-dealkylation sites (tertiary alicyclic amines) is 1. The largest absolute Gasteiger partial charge is 0.493 e. The molecule has 1 atom stereocenters. The highest BCUT2D eigenvalue weighted by molar-refractivity contribution is 6.16. The first-order valence-electron chi connectivity index (χ1n) is 11.5. The van der Waals surface area contributed by atoms with Crippen molar-refractivity contribution in [2.24, 2.45) is 11.3 Å². The molecule has 3 rings (SSSR count). The lowest BCUT2D eigenvalue weighted by atomic mass is 9.73. The van der Waals surface area contributed by atoms with Gasteiger partial charge in [0.1, 0.15) is 11.0 Å². The van der Waals surface area contributed by atoms with Crippen LogP contribution in [-0.2, 0) is 20.7 Å². The summed E-state index contributed by atoms with van der Waals surface area (Å²) in [4.78, 5) is 40.9. The third kappa shape index (κ3) is 5.09. The van der Waals surface area contributed by atoms with Gasteiger partial charge in [-0.05, 0) is 77.0 Å². The van der Waals surface area contributed by atoms with E-state index in [9.17, 15) is 14.4 Å². The molecule has 8 nitrogen and oxygen atoms in total. The fourth-order valence-corrected chi connectivity index (χ4v) is 4.76. The number of esters is 1. The maximum absolute atomic E-state index is 13.6. The first-order chi connectivity index (χ1) is 15.5. The first kappa shape index (κ1) is 24.9. The molecule has 33 heavy (non-hydrogen) atoms. The molecule has 1 aromatic rings. The van der Waals surface area contributed by atoms with Gasteiger partial charge in [-0.1, -0.05) is 0 Å². The van der Waals surface area contributed by atoms with Crippen molar-refractivity contribution < 1.29 is 33.3 Å². The summed E-state index contributed by atoms with van der Waals surface area (Å²) in [6.45, 7) is 8.52. The van der Waals surface area contributed by atoms with Crippen LogP contribution >= 0.6 is 0 Å². The number of amides is 1. The Hall–Kier alpha value is -2.77. The smallest absolute Gasteiger partial charge is 0.410 e. The summed E-state index contributed by atoms with van der Waals surface area (Å²) in [6, 6.07) is 3.43. The number of Topliss-reactive ketones (excluding diaryl/α,β-unsaturated/α-hetero) is 1. The Labute approximate surface area is 195 Å². The van der Waals surface area contributed by atoms with Gasteiger partial charge in [-0.25, -0.2) is 4.79 Å². The van der Waals surface area contributed by atoms with E-state index < -0.39 is 17.0 Å². The predicted molar refractivity (Wildman–Crippen MR) is 122 cm³/mol. The average Bonchev–Trinajstić information content (AvgIpc) is 3.04. The Bertz CT molecular complexity index is 912. The summed E-state index contributed by atoms with van der Waals surface area (Å²) < 4.78 is 21.6. The number of methoxy groups -OCH3 is 2. The number of ether oxygens (including phenoxy) is 4. The fraction of sp³-hybridized carbons (Fsp3) is 0.640. The van der Waals surface area contributed by atoms with E-state index in [4.69, 9.17) is 18.9 Å². The number of rotatable bonds is 6. The fourth-order valence-electron chi connectivity index (χ4n) is 4.76. The average molecular weight is 462 g/mol. The third-order valence-electron chi connectivity index (χ3n) is 6.35. The first-order valence-corrected chi connectivity index (χ1v) is 11.5. The molecule has 8 heteroatoms. The normalized spacial score (nSPS) is 20.9. The molecule has 0 saturated carbocycles. The second-order valence-electron chi connectivity index (χ2n) is 9.79. The van der Waals surface area contributed by atoms with Crippen molar-refractivity contribution in [2.45, 2.75) is 59.0 Å². The Morgan fingerprint density at radius 1 is 1.09 bits per heavy atom. The molecule has 1 unspecified atom stereocenters. The third-order valence-corrected chi connectivity index (χ3v) is 6.35. The molecule has 0 aromatic heterocycles. The van der Waals surface area contributed by atoms with E-state index in [0.29, 0.717) is 49.4 Å². The molecule has 1 amide bonds. The second-order valence-corrected chi connectivity index (χ2v) is 9.79. The minimum absolute atomic E-state index is 0.107. The van der Waals surface area contributed by atoms with E-state index in [1.165, 1.54) is 14.2 Å². The highest BCUT2D eigenvalue weighted by Crippen LogP contribution is 2.47. The van der Waals surface area contributed by atoms with E-state index in [1.54, 1.807) is 24.0 Å². The number of fused-ring (bicyclic) bond motifs is 1. The monoisotopic (exact) mass is 461 g/mol. The molecular formula is C25H35NO7. The number of carbonyl (C=O) groups is 3. The summed E-state index contributed by atoms with van der Waals surface area (Å²) in [5.41, 5.74) is -0.579. The topological polar surface area (TPSA) is 91.4 Å². The molecule has 0 radical (unpaired) electrons. The molecular weight excluding hydrogens is 426 g/mol. The van der Waals surface area contributed by atoms with Crippen molar-refractivity contribution >= 4 is 17.8 Å². The van der Waals surface area contributed by atoms with Crippen molar-refractivity contribution in [2.75, 3.05) is 33.9 Å². The Morgan fingerprint density at radius 2 is 1.70 bits per heavy atom. The molecule has 1 fully saturated rings. The van der Waals surface area contributed by atoms with Gasteiger partial charge in [-0.2, -0.15) is 0 Å². The molecule has 1 aromatic carbocycles. The Kier molecular flexibility index (Phi) is 7.24. The summed E-state index contributed by atoms with van der Waals surface area (Å²) in [6.07, 6.45) is 1.70. The van der Waals surface area contributed by atoms with Crippen LogP contribution in [0.4, 0.5) is 4.79 Å². The van der Waals surface area contributed by atoms with Gasteiger partial charge in [-0.3, -0.25) is 9.59 Å². The molecule has 1 aliphatic heterocycles. The number of benzene rings is 1. The van der Waals surface area contributed by atoms with Gasteiger partial charge in [0.05, 0.1) is 20.8 Å². The van der Waals surface area contributed by atoms with Crippen LogP contribution in [0.5, 0.6) is 11.5 Å². The zero-order valence-electron chi connectivity index (χ0n) is 20.5. The van der Waals surface area contributed by atoms with Gasteiger partial charge < -0.3 is 23.8 Å². The zero-order chi connectivity index (χ0) is 24.4. The maximum atomic E-state index is 13.6. The van der Waals surface area contributed by atoms with Gasteiger partial charge in [0.2, 0.25) is 0 Å². The van der Waals surface area contributed by atoms with E-state index in [2.05, 4.69) is 0 Å². The standard InChI is InChI=1S/C25H35NO7/c1-7-32-22(28)25(14-16-8-10-26(11-9-16)23(29)33-24(2,3)4)15-17-12-19(30-5)20(31-6)13-18(17)21(25)27/h12-13,16H,7-11,14-15H2,1-6H3. The van der Waals surface area contributed by atoms with Crippen LogP contribution in [0, 0.1) is 11.3 Å². The molecule has 182 valence electrons. The van der Waals surface area contributed by atoms with Gasteiger partial charge >= 0.3 is 12.1 Å². The van der Waals surface area contributed by atoms with Crippen LogP contribution < -0.4 is 9.47 Å².